The molecule has 114 valence electrons. The van der Waals surface area contributed by atoms with Gasteiger partial charge in [-0.2, -0.15) is 0 Å². The Bertz CT molecular complexity index is 514. The smallest absolute Gasteiger partial charge is 0.165 e. The molecule has 0 spiro atoms. The summed E-state index contributed by atoms with van der Waals surface area (Å²) in [4.78, 5) is 0. The molecule has 0 fully saturated rings. The summed E-state index contributed by atoms with van der Waals surface area (Å²) in [5.74, 6) is 1.67. The standard InChI is InChI=1S/C14H23NO4S/c1-4-20(16,17)10-6-9-19-14-12(11-15-2)7-5-8-13(14)18-3/h5,7-8,15H,4,6,9-11H2,1-3H3. The highest BCUT2D eigenvalue weighted by molar-refractivity contribution is 7.91. The van der Waals surface area contributed by atoms with Gasteiger partial charge in [-0.15, -0.1) is 0 Å². The minimum atomic E-state index is -2.93. The summed E-state index contributed by atoms with van der Waals surface area (Å²) in [6.07, 6.45) is 0.479. The third-order valence-corrected chi connectivity index (χ3v) is 4.72. The first kappa shape index (κ1) is 16.8. The quantitative estimate of drug-likeness (QED) is 0.702. The number of hydrogen-bond acceptors (Lipinski definition) is 5. The molecule has 6 heteroatoms. The highest BCUT2D eigenvalue weighted by Gasteiger charge is 2.11. The maximum absolute atomic E-state index is 11.4. The average molecular weight is 301 g/mol. The summed E-state index contributed by atoms with van der Waals surface area (Å²) in [5.41, 5.74) is 0.991. The van der Waals surface area contributed by atoms with Crippen LogP contribution in [-0.2, 0) is 16.4 Å². The number of benzene rings is 1. The number of ether oxygens (including phenoxy) is 2. The number of methoxy groups -OCH3 is 1. The van der Waals surface area contributed by atoms with E-state index in [0.717, 1.165) is 5.56 Å². The molecule has 0 unspecified atom stereocenters. The molecule has 0 saturated heterocycles. The Balaban J connectivity index is 2.66. The van der Waals surface area contributed by atoms with Gasteiger partial charge in [0.1, 0.15) is 9.84 Å². The summed E-state index contributed by atoms with van der Waals surface area (Å²) in [6.45, 7) is 2.68. The lowest BCUT2D eigenvalue weighted by molar-refractivity contribution is 0.291. The molecule has 1 aromatic carbocycles. The van der Waals surface area contributed by atoms with Crippen LogP contribution in [0.2, 0.25) is 0 Å². The van der Waals surface area contributed by atoms with E-state index in [9.17, 15) is 8.42 Å². The van der Waals surface area contributed by atoms with Crippen LogP contribution in [0.3, 0.4) is 0 Å². The van der Waals surface area contributed by atoms with E-state index in [0.29, 0.717) is 31.1 Å². The van der Waals surface area contributed by atoms with Gasteiger partial charge in [-0.1, -0.05) is 19.1 Å². The highest BCUT2D eigenvalue weighted by atomic mass is 32.2. The Kier molecular flexibility index (Phi) is 6.81. The first-order valence-electron chi connectivity index (χ1n) is 6.67. The lowest BCUT2D eigenvalue weighted by atomic mass is 10.2. The molecule has 0 bridgehead atoms. The highest BCUT2D eigenvalue weighted by Crippen LogP contribution is 2.31. The van der Waals surface area contributed by atoms with Crippen LogP contribution in [0, 0.1) is 0 Å². The number of para-hydroxylation sites is 1. The van der Waals surface area contributed by atoms with Crippen molar-refractivity contribution in [3.05, 3.63) is 23.8 Å². The van der Waals surface area contributed by atoms with E-state index in [4.69, 9.17) is 9.47 Å². The van der Waals surface area contributed by atoms with E-state index in [1.807, 2.05) is 25.2 Å². The zero-order valence-corrected chi connectivity index (χ0v) is 13.1. The van der Waals surface area contributed by atoms with Gasteiger partial charge in [0, 0.05) is 17.9 Å². The number of hydrogen-bond donors (Lipinski definition) is 1. The second-order valence-electron chi connectivity index (χ2n) is 4.42. The van der Waals surface area contributed by atoms with Crippen LogP contribution in [0.15, 0.2) is 18.2 Å². The predicted octanol–water partition coefficient (Wildman–Crippen LogP) is 1.62. The molecule has 0 radical (unpaired) electrons. The van der Waals surface area contributed by atoms with Crippen LogP contribution in [0.1, 0.15) is 18.9 Å². The Labute approximate surface area is 121 Å². The van der Waals surface area contributed by atoms with Crippen molar-refractivity contribution in [2.75, 3.05) is 32.3 Å². The molecule has 0 aliphatic carbocycles. The average Bonchev–Trinajstić information content (AvgIpc) is 2.45. The second-order valence-corrected chi connectivity index (χ2v) is 6.89. The minimum absolute atomic E-state index is 0.153. The van der Waals surface area contributed by atoms with E-state index in [1.54, 1.807) is 14.0 Å². The van der Waals surface area contributed by atoms with E-state index >= 15 is 0 Å². The van der Waals surface area contributed by atoms with Crippen molar-refractivity contribution in [2.45, 2.75) is 19.9 Å². The van der Waals surface area contributed by atoms with Crippen molar-refractivity contribution in [3.63, 3.8) is 0 Å². The van der Waals surface area contributed by atoms with E-state index < -0.39 is 9.84 Å². The SMILES string of the molecule is CCS(=O)(=O)CCCOc1c(CNC)cccc1OC. The largest absolute Gasteiger partial charge is 0.493 e. The summed E-state index contributed by atoms with van der Waals surface area (Å²) in [5, 5.41) is 3.07. The maximum atomic E-state index is 11.4. The van der Waals surface area contributed by atoms with Crippen molar-refractivity contribution < 1.29 is 17.9 Å². The zero-order valence-electron chi connectivity index (χ0n) is 12.3. The van der Waals surface area contributed by atoms with Crippen molar-refractivity contribution >= 4 is 9.84 Å². The third kappa shape index (κ3) is 5.02. The first-order chi connectivity index (χ1) is 9.54. The number of rotatable bonds is 9. The van der Waals surface area contributed by atoms with Crippen molar-refractivity contribution in [3.8, 4) is 11.5 Å². The van der Waals surface area contributed by atoms with Gasteiger partial charge in [-0.3, -0.25) is 0 Å². The Morgan fingerprint density at radius 1 is 1.30 bits per heavy atom. The third-order valence-electron chi connectivity index (χ3n) is 2.93. The summed E-state index contributed by atoms with van der Waals surface area (Å²) in [7, 11) is 0.515. The van der Waals surface area contributed by atoms with Gasteiger partial charge >= 0.3 is 0 Å². The summed E-state index contributed by atoms with van der Waals surface area (Å²) < 4.78 is 33.8. The molecular weight excluding hydrogens is 278 g/mol. The van der Waals surface area contributed by atoms with Crippen molar-refractivity contribution in [2.24, 2.45) is 0 Å². The van der Waals surface area contributed by atoms with Crippen molar-refractivity contribution in [1.82, 2.24) is 5.32 Å². The Hall–Kier alpha value is -1.27. The van der Waals surface area contributed by atoms with Crippen LogP contribution in [-0.4, -0.2) is 40.7 Å². The van der Waals surface area contributed by atoms with Gasteiger partial charge in [0.15, 0.2) is 11.5 Å². The van der Waals surface area contributed by atoms with E-state index in [1.165, 1.54) is 0 Å². The molecule has 0 aliphatic heterocycles. The first-order valence-corrected chi connectivity index (χ1v) is 8.50. The molecule has 0 amide bonds. The summed E-state index contributed by atoms with van der Waals surface area (Å²) >= 11 is 0. The van der Waals surface area contributed by atoms with Crippen LogP contribution < -0.4 is 14.8 Å². The van der Waals surface area contributed by atoms with Gasteiger partial charge in [0.25, 0.3) is 0 Å². The molecule has 0 aliphatic rings. The fraction of sp³-hybridized carbons (Fsp3) is 0.571. The normalized spacial score (nSPS) is 11.3. The van der Waals surface area contributed by atoms with Crippen LogP contribution >= 0.6 is 0 Å². The molecule has 5 nitrogen and oxygen atoms in total. The summed E-state index contributed by atoms with van der Waals surface area (Å²) in [6, 6.07) is 5.69. The fourth-order valence-corrected chi connectivity index (χ4v) is 2.66. The Morgan fingerprint density at radius 3 is 2.65 bits per heavy atom. The van der Waals surface area contributed by atoms with Crippen molar-refractivity contribution in [1.29, 1.82) is 0 Å². The maximum Gasteiger partial charge on any atom is 0.165 e. The second kappa shape index (κ2) is 8.11. The van der Waals surface area contributed by atoms with Crippen LogP contribution in [0.5, 0.6) is 11.5 Å². The molecular formula is C14H23NO4S. The van der Waals surface area contributed by atoms with Gasteiger partial charge in [0.2, 0.25) is 0 Å². The van der Waals surface area contributed by atoms with Crippen LogP contribution in [0.4, 0.5) is 0 Å². The minimum Gasteiger partial charge on any atom is -0.493 e. The number of sulfone groups is 1. The predicted molar refractivity (Wildman–Crippen MR) is 80.2 cm³/mol. The monoisotopic (exact) mass is 301 g/mol. The number of nitrogens with one attached hydrogen (secondary N) is 1. The van der Waals surface area contributed by atoms with Gasteiger partial charge in [-0.05, 0) is 19.5 Å². The molecule has 1 rings (SSSR count). The van der Waals surface area contributed by atoms with Gasteiger partial charge in [0.05, 0.1) is 19.5 Å². The van der Waals surface area contributed by atoms with E-state index in [-0.39, 0.29) is 11.5 Å². The molecule has 1 aromatic rings. The zero-order chi connectivity index (χ0) is 15.0. The van der Waals surface area contributed by atoms with Gasteiger partial charge < -0.3 is 14.8 Å². The molecule has 0 saturated carbocycles. The molecule has 20 heavy (non-hydrogen) atoms. The lowest BCUT2D eigenvalue weighted by Gasteiger charge is -2.14. The van der Waals surface area contributed by atoms with E-state index in [2.05, 4.69) is 5.32 Å². The lowest BCUT2D eigenvalue weighted by Crippen LogP contribution is -2.13. The Morgan fingerprint density at radius 2 is 2.05 bits per heavy atom. The molecule has 0 atom stereocenters. The molecule has 0 heterocycles. The fourth-order valence-electron chi connectivity index (χ4n) is 1.81. The van der Waals surface area contributed by atoms with Gasteiger partial charge in [-0.25, -0.2) is 8.42 Å². The molecule has 0 aromatic heterocycles. The van der Waals surface area contributed by atoms with Crippen LogP contribution in [0.25, 0.3) is 0 Å². The molecule has 1 N–H and O–H groups in total. The topological polar surface area (TPSA) is 64.6 Å².